The fourth-order valence-electron chi connectivity index (χ4n) is 7.04. The first-order valence-corrected chi connectivity index (χ1v) is 15.8. The fourth-order valence-corrected chi connectivity index (χ4v) is 7.30. The smallest absolute Gasteiger partial charge is 0.333 e. The van der Waals surface area contributed by atoms with Crippen molar-refractivity contribution in [2.45, 2.75) is 57.7 Å². The van der Waals surface area contributed by atoms with E-state index in [2.05, 4.69) is 20.2 Å². The highest BCUT2D eigenvalue weighted by Crippen LogP contribution is 2.42. The quantitative estimate of drug-likeness (QED) is 0.259. The molecule has 1 spiro atoms. The number of carbonyl (C=O) groups is 1. The Morgan fingerprint density at radius 3 is 2.65 bits per heavy atom. The Morgan fingerprint density at radius 2 is 1.91 bits per heavy atom. The van der Waals surface area contributed by atoms with E-state index in [0.717, 1.165) is 49.0 Å². The number of rotatable bonds is 4. The Balaban J connectivity index is 1.17. The summed E-state index contributed by atoms with van der Waals surface area (Å²) in [4.78, 5) is 62.3. The molecule has 0 aliphatic carbocycles. The molecule has 2 saturated heterocycles. The number of amides is 1. The van der Waals surface area contributed by atoms with E-state index in [1.807, 2.05) is 13.0 Å². The third-order valence-corrected chi connectivity index (χ3v) is 10.2. The molecule has 0 unspecified atom stereocenters. The van der Waals surface area contributed by atoms with Crippen molar-refractivity contribution >= 4 is 39.8 Å². The summed E-state index contributed by atoms with van der Waals surface area (Å²) in [7, 11) is 0. The molecular formula is C32H34ClN7O6. The van der Waals surface area contributed by atoms with Crippen LogP contribution < -0.4 is 32.8 Å². The van der Waals surface area contributed by atoms with Gasteiger partial charge in [-0.05, 0) is 62.9 Å². The highest BCUT2D eigenvalue weighted by atomic mass is 35.5. The van der Waals surface area contributed by atoms with E-state index in [0.29, 0.717) is 30.9 Å². The summed E-state index contributed by atoms with van der Waals surface area (Å²) in [6.45, 7) is 4.62. The number of halogens is 1. The number of piperidine rings is 1. The molecule has 0 bridgehead atoms. The van der Waals surface area contributed by atoms with Crippen molar-refractivity contribution in [2.75, 3.05) is 29.9 Å². The lowest BCUT2D eigenvalue weighted by Crippen LogP contribution is -2.50. The lowest BCUT2D eigenvalue weighted by molar-refractivity contribution is 0.0974. The second kappa shape index (κ2) is 11.4. The number of carbonyl (C=O) groups excluding carboxylic acids is 1. The van der Waals surface area contributed by atoms with Gasteiger partial charge in [0.1, 0.15) is 5.82 Å². The molecule has 240 valence electrons. The van der Waals surface area contributed by atoms with Gasteiger partial charge in [0.25, 0.3) is 17.0 Å². The minimum atomic E-state index is -0.914. The number of fused-ring (bicyclic) bond motifs is 2. The monoisotopic (exact) mass is 647 g/mol. The van der Waals surface area contributed by atoms with E-state index < -0.39 is 34.2 Å². The number of aryl methyl sites for hydroxylation is 1. The third-order valence-electron chi connectivity index (χ3n) is 9.81. The summed E-state index contributed by atoms with van der Waals surface area (Å²) in [6.07, 6.45) is 3.93. The number of hydrogen-bond acceptors (Lipinski definition) is 9. The molecule has 5 heterocycles. The van der Waals surface area contributed by atoms with Crippen LogP contribution in [0.1, 0.15) is 48.8 Å². The van der Waals surface area contributed by atoms with E-state index in [1.54, 1.807) is 12.1 Å². The van der Waals surface area contributed by atoms with Crippen LogP contribution in [-0.2, 0) is 17.7 Å². The number of nitrogens with two attached hydrogens (primary N) is 1. The van der Waals surface area contributed by atoms with E-state index >= 15 is 0 Å². The van der Waals surface area contributed by atoms with Crippen molar-refractivity contribution in [1.29, 1.82) is 0 Å². The molecule has 2 fully saturated rings. The first-order chi connectivity index (χ1) is 22.1. The van der Waals surface area contributed by atoms with Gasteiger partial charge in [0.15, 0.2) is 5.56 Å². The molecule has 3 aliphatic heterocycles. The van der Waals surface area contributed by atoms with Crippen LogP contribution in [0.15, 0.2) is 50.8 Å². The first kappa shape index (κ1) is 30.2. The van der Waals surface area contributed by atoms with Crippen molar-refractivity contribution in [3.05, 3.63) is 84.0 Å². The Bertz CT molecular complexity index is 2060. The highest BCUT2D eigenvalue weighted by molar-refractivity contribution is 6.35. The Hall–Kier alpha value is -4.46. The van der Waals surface area contributed by atoms with Crippen LogP contribution in [-0.4, -0.2) is 62.0 Å². The number of aromatic amines is 1. The zero-order valence-corrected chi connectivity index (χ0v) is 26.0. The fraction of sp³-hybridized carbons (Fsp3) is 0.406. The normalized spacial score (nSPS) is 20.6. The van der Waals surface area contributed by atoms with Crippen LogP contribution in [0.25, 0.3) is 16.6 Å². The van der Waals surface area contributed by atoms with Gasteiger partial charge >= 0.3 is 5.69 Å². The van der Waals surface area contributed by atoms with E-state index in [9.17, 15) is 24.3 Å². The van der Waals surface area contributed by atoms with E-state index in [-0.39, 0.29) is 39.3 Å². The molecule has 1 amide bonds. The van der Waals surface area contributed by atoms with Gasteiger partial charge in [-0.2, -0.15) is 4.98 Å². The molecule has 5 N–H and O–H groups in total. The number of nitrogens with one attached hydrogen (secondary N) is 2. The van der Waals surface area contributed by atoms with Crippen LogP contribution in [0.3, 0.4) is 0 Å². The van der Waals surface area contributed by atoms with Gasteiger partial charge in [-0.25, -0.2) is 9.36 Å². The van der Waals surface area contributed by atoms with Crippen LogP contribution in [0.5, 0.6) is 5.88 Å². The molecule has 2 aromatic carbocycles. The molecule has 13 nitrogen and oxygen atoms in total. The number of benzene rings is 2. The summed E-state index contributed by atoms with van der Waals surface area (Å²) in [5.74, 6) is -1.16. The predicted octanol–water partition coefficient (Wildman–Crippen LogP) is 2.52. The van der Waals surface area contributed by atoms with Crippen molar-refractivity contribution in [3.63, 3.8) is 0 Å². The van der Waals surface area contributed by atoms with Crippen LogP contribution in [0.2, 0.25) is 5.02 Å². The second-order valence-corrected chi connectivity index (χ2v) is 12.8. The molecule has 7 rings (SSSR count). The number of ether oxygens (including phenoxy) is 1. The van der Waals surface area contributed by atoms with Crippen LogP contribution in [0, 0.1) is 5.41 Å². The number of nitrogens with zero attached hydrogens (tertiary/aromatic N) is 4. The average molecular weight is 648 g/mol. The summed E-state index contributed by atoms with van der Waals surface area (Å²) in [5.41, 5.74) is 5.31. The third kappa shape index (κ3) is 4.89. The SMILES string of the molecule is C[C@@H]1OCC2(CCN(c3ccc4c(=O)n(-c5cccc(NC(=O)c6c(O)nc7n(c6=O)CCCC7)c5Cl)c(=O)[nH]c4c3)CC2)[C@@H]1N. The topological polar surface area (TPSA) is 178 Å². The van der Waals surface area contributed by atoms with Crippen molar-refractivity contribution < 1.29 is 14.6 Å². The minimum Gasteiger partial charge on any atom is -0.493 e. The van der Waals surface area contributed by atoms with Crippen molar-refractivity contribution in [2.24, 2.45) is 11.1 Å². The van der Waals surface area contributed by atoms with Crippen molar-refractivity contribution in [3.8, 4) is 11.6 Å². The second-order valence-electron chi connectivity index (χ2n) is 12.4. The number of H-pyrrole nitrogens is 1. The van der Waals surface area contributed by atoms with Gasteiger partial charge in [-0.1, -0.05) is 17.7 Å². The zero-order valence-electron chi connectivity index (χ0n) is 25.2. The molecule has 0 saturated carbocycles. The largest absolute Gasteiger partial charge is 0.493 e. The number of anilines is 2. The molecule has 3 aliphatic rings. The van der Waals surface area contributed by atoms with Gasteiger partial charge in [-0.3, -0.25) is 19.0 Å². The maximum Gasteiger partial charge on any atom is 0.333 e. The van der Waals surface area contributed by atoms with Crippen LogP contribution in [0.4, 0.5) is 11.4 Å². The highest BCUT2D eigenvalue weighted by Gasteiger charge is 2.47. The van der Waals surface area contributed by atoms with E-state index in [4.69, 9.17) is 22.1 Å². The predicted molar refractivity (Wildman–Crippen MR) is 173 cm³/mol. The zero-order chi connectivity index (χ0) is 32.3. The lowest BCUT2D eigenvalue weighted by atomic mass is 9.73. The van der Waals surface area contributed by atoms with Crippen LogP contribution >= 0.6 is 11.6 Å². The molecule has 2 atom stereocenters. The maximum absolute atomic E-state index is 13.7. The number of aromatic hydroxyl groups is 1. The lowest BCUT2D eigenvalue weighted by Gasteiger charge is -2.42. The molecule has 4 aromatic rings. The van der Waals surface area contributed by atoms with Crippen molar-refractivity contribution in [1.82, 2.24) is 19.1 Å². The molecular weight excluding hydrogens is 614 g/mol. The first-order valence-electron chi connectivity index (χ1n) is 15.4. The maximum atomic E-state index is 13.7. The number of hydrogen-bond donors (Lipinski definition) is 4. The number of aromatic nitrogens is 4. The molecule has 2 aromatic heterocycles. The summed E-state index contributed by atoms with van der Waals surface area (Å²) in [6, 6.07) is 9.77. The van der Waals surface area contributed by atoms with Gasteiger partial charge in [0.05, 0.1) is 40.0 Å². The molecule has 14 heteroatoms. The van der Waals surface area contributed by atoms with Gasteiger partial charge in [-0.15, -0.1) is 0 Å². The summed E-state index contributed by atoms with van der Waals surface area (Å²) >= 11 is 6.65. The average Bonchev–Trinajstić information content (AvgIpc) is 3.31. The van der Waals surface area contributed by atoms with Gasteiger partial charge in [0, 0.05) is 43.2 Å². The Kier molecular flexibility index (Phi) is 7.49. The Morgan fingerprint density at radius 1 is 1.13 bits per heavy atom. The molecule has 0 radical (unpaired) electrons. The Labute approximate surface area is 267 Å². The molecule has 46 heavy (non-hydrogen) atoms. The van der Waals surface area contributed by atoms with Gasteiger partial charge < -0.3 is 30.8 Å². The summed E-state index contributed by atoms with van der Waals surface area (Å²) < 4.78 is 8.13. The summed E-state index contributed by atoms with van der Waals surface area (Å²) in [5, 5.41) is 13.1. The minimum absolute atomic E-state index is 0.00404. The van der Waals surface area contributed by atoms with E-state index in [1.165, 1.54) is 22.8 Å². The standard InChI is InChI=1S/C32H34ClN7O6/c1-17-26(34)32(16-46-17)10-13-38(14-11-32)18-8-9-19-21(15-18)36-31(45)40(29(19)43)22-6-4-5-20(25(22)33)35-27(41)24-28(42)37-23-7-2-3-12-39(23)30(24)44/h4-6,8-9,15,17,26,42H,2-3,7,10-14,16,34H2,1H3,(H,35,41)(H,36,45)/t17-,26+/m0/s1. The van der Waals surface area contributed by atoms with Gasteiger partial charge in [0.2, 0.25) is 5.88 Å².